The van der Waals surface area contributed by atoms with Gasteiger partial charge in [-0.25, -0.2) is 0 Å². The zero-order valence-electron chi connectivity index (χ0n) is 34.0. The first-order valence-corrected chi connectivity index (χ1v) is 23.3. The predicted molar refractivity (Wildman–Crippen MR) is 251 cm³/mol. The lowest BCUT2D eigenvalue weighted by atomic mass is 9.83. The molecule has 2 nitrogen and oxygen atoms in total. The second kappa shape index (κ2) is 14.7. The molecule has 2 heterocycles. The number of thiophene rings is 1. The van der Waals surface area contributed by atoms with Gasteiger partial charge < -0.3 is 9.80 Å². The molecule has 4 aromatic rings. The minimum absolute atomic E-state index is 0.325. The predicted octanol–water partition coefficient (Wildman–Crippen LogP) is 15.0. The van der Waals surface area contributed by atoms with Gasteiger partial charge in [0.25, 0.3) is 0 Å². The SMILES string of the molecule is C1=CCCC(C2=CC=C(N(C3=CCC(C4=CCCC=C4)C=C3)C3CC=C(N4C5=CCCC=C5C5c6sc7ccc8ccc9ccccc9c8c7c6C=CC54)CC3)CC2)=C1. The number of fused-ring (bicyclic) bond motifs is 11. The van der Waals surface area contributed by atoms with Crippen LogP contribution in [0.5, 0.6) is 0 Å². The van der Waals surface area contributed by atoms with Crippen LogP contribution in [0.3, 0.4) is 0 Å². The van der Waals surface area contributed by atoms with Crippen LogP contribution in [-0.4, -0.2) is 21.9 Å². The molecular formula is C56H52N2S. The summed E-state index contributed by atoms with van der Waals surface area (Å²) in [6.07, 6.45) is 53.0. The van der Waals surface area contributed by atoms with E-state index in [-0.39, 0.29) is 0 Å². The molecule has 3 aromatic carbocycles. The molecule has 12 rings (SSSR count). The highest BCUT2D eigenvalue weighted by Crippen LogP contribution is 2.56. The van der Waals surface area contributed by atoms with Crippen molar-refractivity contribution in [2.24, 2.45) is 5.92 Å². The van der Waals surface area contributed by atoms with Crippen molar-refractivity contribution in [1.29, 1.82) is 0 Å². The van der Waals surface area contributed by atoms with Gasteiger partial charge in [0.1, 0.15) is 0 Å². The first-order chi connectivity index (χ1) is 29.3. The highest BCUT2D eigenvalue weighted by atomic mass is 32.1. The summed E-state index contributed by atoms with van der Waals surface area (Å²) in [6.45, 7) is 0. The van der Waals surface area contributed by atoms with Crippen molar-refractivity contribution in [3.8, 4) is 0 Å². The number of rotatable bonds is 6. The lowest BCUT2D eigenvalue weighted by molar-refractivity contribution is 0.267. The lowest BCUT2D eigenvalue weighted by Crippen LogP contribution is -2.38. The van der Waals surface area contributed by atoms with Crippen molar-refractivity contribution in [1.82, 2.24) is 9.80 Å². The smallest absolute Gasteiger partial charge is 0.0640 e. The Bertz CT molecular complexity index is 2810. The molecule has 0 radical (unpaired) electrons. The third-order valence-electron chi connectivity index (χ3n) is 14.5. The maximum atomic E-state index is 2.78. The van der Waals surface area contributed by atoms with Gasteiger partial charge in [-0.2, -0.15) is 0 Å². The molecule has 0 N–H and O–H groups in total. The van der Waals surface area contributed by atoms with Gasteiger partial charge in [-0.3, -0.25) is 0 Å². The van der Waals surface area contributed by atoms with E-state index in [1.165, 1.54) is 96.0 Å². The van der Waals surface area contributed by atoms with Gasteiger partial charge in [0.2, 0.25) is 0 Å². The molecule has 59 heavy (non-hydrogen) atoms. The number of hydrogen-bond acceptors (Lipinski definition) is 3. The number of likely N-dealkylation sites (tertiary alicyclic amines) is 1. The van der Waals surface area contributed by atoms with Crippen LogP contribution in [-0.2, 0) is 0 Å². The summed E-state index contributed by atoms with van der Waals surface area (Å²) in [7, 11) is 0. The first kappa shape index (κ1) is 35.6. The van der Waals surface area contributed by atoms with Crippen molar-refractivity contribution < 1.29 is 0 Å². The normalized spacial score (nSPS) is 26.0. The number of nitrogens with zero attached hydrogens (tertiary/aromatic N) is 2. The number of hydrogen-bond donors (Lipinski definition) is 0. The Labute approximate surface area is 353 Å². The summed E-state index contributed by atoms with van der Waals surface area (Å²) in [5.41, 5.74) is 13.5. The molecule has 1 aromatic heterocycles. The minimum atomic E-state index is 0.325. The fourth-order valence-corrected chi connectivity index (χ4v) is 13.0. The van der Waals surface area contributed by atoms with Crippen molar-refractivity contribution in [3.05, 3.63) is 195 Å². The van der Waals surface area contributed by atoms with Crippen LogP contribution in [0, 0.1) is 5.92 Å². The molecule has 292 valence electrons. The Morgan fingerprint density at radius 2 is 1.56 bits per heavy atom. The highest BCUT2D eigenvalue weighted by molar-refractivity contribution is 7.19. The summed E-state index contributed by atoms with van der Waals surface area (Å²) in [4.78, 5) is 7.11. The zero-order valence-corrected chi connectivity index (χ0v) is 34.8. The van der Waals surface area contributed by atoms with Crippen LogP contribution in [0.1, 0.15) is 93.4 Å². The molecule has 1 fully saturated rings. The highest BCUT2D eigenvalue weighted by Gasteiger charge is 2.46. The van der Waals surface area contributed by atoms with Gasteiger partial charge in [-0.05, 0) is 145 Å². The minimum Gasteiger partial charge on any atom is -0.342 e. The molecule has 0 bridgehead atoms. The summed E-state index contributed by atoms with van der Waals surface area (Å²) >= 11 is 2.05. The van der Waals surface area contributed by atoms with Crippen molar-refractivity contribution in [2.45, 2.75) is 95.1 Å². The van der Waals surface area contributed by atoms with Crippen LogP contribution in [0.4, 0.5) is 0 Å². The Hall–Kier alpha value is -5.38. The van der Waals surface area contributed by atoms with Crippen LogP contribution in [0.15, 0.2) is 185 Å². The fourth-order valence-electron chi connectivity index (χ4n) is 11.6. The van der Waals surface area contributed by atoms with E-state index in [1.807, 2.05) is 11.3 Å². The topological polar surface area (TPSA) is 6.48 Å². The monoisotopic (exact) mass is 784 g/mol. The van der Waals surface area contributed by atoms with Crippen molar-refractivity contribution >= 4 is 49.0 Å². The largest absolute Gasteiger partial charge is 0.342 e. The summed E-state index contributed by atoms with van der Waals surface area (Å²) in [5.74, 6) is 0.868. The second-order valence-corrected chi connectivity index (χ2v) is 18.8. The van der Waals surface area contributed by atoms with Gasteiger partial charge in [0, 0.05) is 55.6 Å². The van der Waals surface area contributed by atoms with Crippen LogP contribution in [0.25, 0.3) is 37.7 Å². The number of allylic oxidation sites excluding steroid dienone is 19. The molecule has 1 saturated heterocycles. The quantitative estimate of drug-likeness (QED) is 0.180. The molecule has 0 amide bonds. The molecule has 4 unspecified atom stereocenters. The maximum Gasteiger partial charge on any atom is 0.0640 e. The van der Waals surface area contributed by atoms with E-state index < -0.39 is 0 Å². The zero-order chi connectivity index (χ0) is 38.9. The van der Waals surface area contributed by atoms with E-state index >= 15 is 0 Å². The second-order valence-electron chi connectivity index (χ2n) is 17.7. The Kier molecular flexibility index (Phi) is 8.87. The lowest BCUT2D eigenvalue weighted by Gasteiger charge is -2.42. The van der Waals surface area contributed by atoms with E-state index in [9.17, 15) is 0 Å². The van der Waals surface area contributed by atoms with Gasteiger partial charge in [0.15, 0.2) is 0 Å². The molecule has 0 spiro atoms. The average Bonchev–Trinajstić information content (AvgIpc) is 3.86. The van der Waals surface area contributed by atoms with E-state index in [0.717, 1.165) is 57.8 Å². The van der Waals surface area contributed by atoms with Crippen LogP contribution in [0.2, 0.25) is 0 Å². The maximum absolute atomic E-state index is 2.78. The third-order valence-corrected chi connectivity index (χ3v) is 15.7. The van der Waals surface area contributed by atoms with E-state index in [0.29, 0.717) is 23.9 Å². The van der Waals surface area contributed by atoms with Gasteiger partial charge in [-0.15, -0.1) is 11.3 Å². The molecule has 7 aliphatic carbocycles. The van der Waals surface area contributed by atoms with E-state index in [2.05, 4.69) is 156 Å². The molecule has 1 aliphatic heterocycles. The summed E-state index contributed by atoms with van der Waals surface area (Å²) in [5, 5.41) is 6.89. The Morgan fingerprint density at radius 3 is 2.39 bits per heavy atom. The van der Waals surface area contributed by atoms with Crippen LogP contribution < -0.4 is 0 Å². The molecule has 3 heteroatoms. The van der Waals surface area contributed by atoms with E-state index in [4.69, 9.17) is 0 Å². The van der Waals surface area contributed by atoms with Gasteiger partial charge in [-0.1, -0.05) is 128 Å². The van der Waals surface area contributed by atoms with Crippen LogP contribution >= 0.6 is 11.3 Å². The van der Waals surface area contributed by atoms with E-state index in [1.54, 1.807) is 10.5 Å². The Morgan fingerprint density at radius 1 is 0.661 bits per heavy atom. The average molecular weight is 785 g/mol. The molecular weight excluding hydrogens is 733 g/mol. The fraction of sp³-hybridized carbons (Fsp3) is 0.286. The summed E-state index contributed by atoms with van der Waals surface area (Å²) < 4.78 is 1.42. The molecule has 0 saturated carbocycles. The Balaban J connectivity index is 0.876. The van der Waals surface area contributed by atoms with Crippen molar-refractivity contribution in [3.63, 3.8) is 0 Å². The molecule has 4 atom stereocenters. The third kappa shape index (κ3) is 6.02. The first-order valence-electron chi connectivity index (χ1n) is 22.5. The van der Waals surface area contributed by atoms with Gasteiger partial charge >= 0.3 is 0 Å². The van der Waals surface area contributed by atoms with Gasteiger partial charge in [0.05, 0.1) is 6.04 Å². The number of benzene rings is 3. The molecule has 8 aliphatic rings. The standard InChI is InChI=1S/C56H52N2S/c1-3-11-37(12-4-1)39-21-26-43(27-22-39)57(44-28-23-40(24-29-44)38-13-5-2-6-14-38)45-30-32-46(33-31-45)58-50-18-10-9-17-48(50)54-51(58)35-34-49-55-52(59-56(49)54)36-25-42-20-19-41-15-7-8-16-47(41)53(42)55/h1,3,5,7-8,11,13-21,23,25-26,28-29,32,34-36,40,45,51,54H,2,4,6,9-10,12,22,24,27,30-31,33H2. The summed E-state index contributed by atoms with van der Waals surface area (Å²) in [6, 6.07) is 19.1. The van der Waals surface area contributed by atoms with Crippen molar-refractivity contribution in [2.75, 3.05) is 0 Å².